The second-order valence-electron chi connectivity index (χ2n) is 5.04. The van der Waals surface area contributed by atoms with Gasteiger partial charge in [-0.3, -0.25) is 19.9 Å². The SMILES string of the molecule is Cc1nc2ccc([N+](=O)[O-])cc2cc1C(C=O)CCC(N)=O. The first-order chi connectivity index (χ1) is 10.4. The molecule has 0 fully saturated rings. The molecule has 0 aliphatic heterocycles. The van der Waals surface area contributed by atoms with Gasteiger partial charge in [-0.25, -0.2) is 0 Å². The highest BCUT2D eigenvalue weighted by molar-refractivity contribution is 5.83. The minimum atomic E-state index is -0.510. The van der Waals surface area contributed by atoms with E-state index in [0.29, 0.717) is 28.6 Å². The van der Waals surface area contributed by atoms with Gasteiger partial charge in [-0.15, -0.1) is 0 Å². The second-order valence-corrected chi connectivity index (χ2v) is 5.04. The van der Waals surface area contributed by atoms with E-state index in [1.165, 1.54) is 12.1 Å². The standard InChI is InChI=1S/C15H15N3O4/c1-9-13(10(8-19)2-5-15(16)20)7-11-6-12(18(21)22)3-4-14(11)17-9/h3-4,6-8,10H,2,5H2,1H3,(H2,16,20). The van der Waals surface area contributed by atoms with Crippen molar-refractivity contribution in [3.8, 4) is 0 Å². The highest BCUT2D eigenvalue weighted by Gasteiger charge is 2.17. The van der Waals surface area contributed by atoms with Crippen LogP contribution in [0.15, 0.2) is 24.3 Å². The number of fused-ring (bicyclic) bond motifs is 1. The zero-order valence-electron chi connectivity index (χ0n) is 12.0. The molecule has 1 heterocycles. The molecule has 0 saturated carbocycles. The first-order valence-corrected chi connectivity index (χ1v) is 6.71. The number of amides is 1. The third kappa shape index (κ3) is 3.25. The summed E-state index contributed by atoms with van der Waals surface area (Å²) in [6.07, 6.45) is 1.13. The fourth-order valence-electron chi connectivity index (χ4n) is 2.36. The second kappa shape index (κ2) is 6.30. The summed E-state index contributed by atoms with van der Waals surface area (Å²) in [6, 6.07) is 6.09. The van der Waals surface area contributed by atoms with Crippen LogP contribution >= 0.6 is 0 Å². The highest BCUT2D eigenvalue weighted by Crippen LogP contribution is 2.27. The number of hydrogen-bond donors (Lipinski definition) is 1. The minimum absolute atomic E-state index is 0.0381. The molecule has 2 rings (SSSR count). The van der Waals surface area contributed by atoms with Gasteiger partial charge in [0.05, 0.1) is 10.4 Å². The lowest BCUT2D eigenvalue weighted by molar-refractivity contribution is -0.384. The van der Waals surface area contributed by atoms with E-state index in [-0.39, 0.29) is 12.1 Å². The molecular weight excluding hydrogens is 286 g/mol. The van der Waals surface area contributed by atoms with E-state index in [1.54, 1.807) is 19.1 Å². The Labute approximate surface area is 126 Å². The zero-order valence-corrected chi connectivity index (χ0v) is 12.0. The normalized spacial score (nSPS) is 12.0. The van der Waals surface area contributed by atoms with Crippen LogP contribution in [0.5, 0.6) is 0 Å². The molecule has 1 atom stereocenters. The summed E-state index contributed by atoms with van der Waals surface area (Å²) < 4.78 is 0. The Hall–Kier alpha value is -2.83. The molecule has 1 amide bonds. The van der Waals surface area contributed by atoms with Crippen LogP contribution in [0.25, 0.3) is 10.9 Å². The highest BCUT2D eigenvalue weighted by atomic mass is 16.6. The van der Waals surface area contributed by atoms with Gasteiger partial charge in [0.1, 0.15) is 6.29 Å². The molecule has 0 radical (unpaired) electrons. The third-order valence-electron chi connectivity index (χ3n) is 3.50. The van der Waals surface area contributed by atoms with Gasteiger partial charge in [0.25, 0.3) is 5.69 Å². The predicted molar refractivity (Wildman–Crippen MR) is 80.4 cm³/mol. The summed E-state index contributed by atoms with van der Waals surface area (Å²) >= 11 is 0. The Morgan fingerprint density at radius 2 is 2.18 bits per heavy atom. The average Bonchev–Trinajstić information content (AvgIpc) is 2.47. The first-order valence-electron chi connectivity index (χ1n) is 6.71. The largest absolute Gasteiger partial charge is 0.370 e. The summed E-state index contributed by atoms with van der Waals surface area (Å²) in [5.74, 6) is -0.988. The van der Waals surface area contributed by atoms with E-state index in [4.69, 9.17) is 5.73 Å². The van der Waals surface area contributed by atoms with Crippen LogP contribution in [0.3, 0.4) is 0 Å². The average molecular weight is 301 g/mol. The third-order valence-corrected chi connectivity index (χ3v) is 3.50. The number of nitro benzene ring substituents is 1. The Morgan fingerprint density at radius 1 is 1.45 bits per heavy atom. The topological polar surface area (TPSA) is 116 Å². The van der Waals surface area contributed by atoms with Crippen LogP contribution in [0.2, 0.25) is 0 Å². The molecule has 0 aliphatic rings. The van der Waals surface area contributed by atoms with Crippen molar-refractivity contribution < 1.29 is 14.5 Å². The first kappa shape index (κ1) is 15.6. The molecule has 22 heavy (non-hydrogen) atoms. The Kier molecular flexibility index (Phi) is 4.45. The molecule has 0 spiro atoms. The van der Waals surface area contributed by atoms with Crippen LogP contribution in [-0.4, -0.2) is 22.1 Å². The number of aryl methyl sites for hydroxylation is 1. The van der Waals surface area contributed by atoms with Crippen molar-refractivity contribution >= 4 is 28.8 Å². The number of aromatic nitrogens is 1. The number of aldehydes is 1. The molecule has 2 N–H and O–H groups in total. The van der Waals surface area contributed by atoms with Crippen LogP contribution in [0.1, 0.15) is 30.0 Å². The number of nitrogens with zero attached hydrogens (tertiary/aromatic N) is 2. The number of carbonyl (C=O) groups excluding carboxylic acids is 2. The Morgan fingerprint density at radius 3 is 2.77 bits per heavy atom. The number of hydrogen-bond acceptors (Lipinski definition) is 5. The van der Waals surface area contributed by atoms with Crippen molar-refractivity contribution in [2.24, 2.45) is 5.73 Å². The summed E-state index contributed by atoms with van der Waals surface area (Å²) in [7, 11) is 0. The van der Waals surface area contributed by atoms with Crippen molar-refractivity contribution in [1.82, 2.24) is 4.98 Å². The summed E-state index contributed by atoms with van der Waals surface area (Å²) in [5, 5.41) is 11.4. The lowest BCUT2D eigenvalue weighted by atomic mass is 9.93. The fourth-order valence-corrected chi connectivity index (χ4v) is 2.36. The monoisotopic (exact) mass is 301 g/mol. The number of nitrogens with two attached hydrogens (primary N) is 1. The van der Waals surface area contributed by atoms with Crippen LogP contribution in [0.4, 0.5) is 5.69 Å². The van der Waals surface area contributed by atoms with Crippen LogP contribution in [-0.2, 0) is 9.59 Å². The Balaban J connectivity index is 2.47. The number of carbonyl (C=O) groups is 2. The molecule has 2 aromatic rings. The van der Waals surface area contributed by atoms with Gasteiger partial charge < -0.3 is 10.5 Å². The quantitative estimate of drug-likeness (QED) is 0.497. The van der Waals surface area contributed by atoms with Gasteiger partial charge in [0, 0.05) is 35.6 Å². The molecule has 1 unspecified atom stereocenters. The van der Waals surface area contributed by atoms with Gasteiger partial charge in [0.2, 0.25) is 5.91 Å². The molecule has 0 aliphatic carbocycles. The molecule has 7 heteroatoms. The van der Waals surface area contributed by atoms with Crippen molar-refractivity contribution in [2.75, 3.05) is 0 Å². The van der Waals surface area contributed by atoms with Crippen molar-refractivity contribution in [3.05, 3.63) is 45.6 Å². The number of primary amides is 1. The van der Waals surface area contributed by atoms with E-state index in [1.807, 2.05) is 0 Å². The van der Waals surface area contributed by atoms with E-state index in [0.717, 1.165) is 6.29 Å². The maximum absolute atomic E-state index is 11.3. The molecule has 7 nitrogen and oxygen atoms in total. The lowest BCUT2D eigenvalue weighted by Gasteiger charge is -2.13. The van der Waals surface area contributed by atoms with E-state index >= 15 is 0 Å². The van der Waals surface area contributed by atoms with Crippen molar-refractivity contribution in [2.45, 2.75) is 25.7 Å². The van der Waals surface area contributed by atoms with Gasteiger partial charge in [-0.1, -0.05) is 0 Å². The molecule has 1 aromatic heterocycles. The molecule has 0 bridgehead atoms. The lowest BCUT2D eigenvalue weighted by Crippen LogP contribution is -2.13. The number of pyridine rings is 1. The summed E-state index contributed by atoms with van der Waals surface area (Å²) in [4.78, 5) is 36.9. The van der Waals surface area contributed by atoms with E-state index < -0.39 is 16.7 Å². The van der Waals surface area contributed by atoms with Crippen LogP contribution in [0, 0.1) is 17.0 Å². The van der Waals surface area contributed by atoms with E-state index in [2.05, 4.69) is 4.98 Å². The van der Waals surface area contributed by atoms with Crippen molar-refractivity contribution in [3.63, 3.8) is 0 Å². The maximum Gasteiger partial charge on any atom is 0.270 e. The minimum Gasteiger partial charge on any atom is -0.370 e. The van der Waals surface area contributed by atoms with E-state index in [9.17, 15) is 19.7 Å². The number of non-ortho nitro benzene ring substituents is 1. The Bertz CT molecular complexity index is 758. The fraction of sp³-hybridized carbons (Fsp3) is 0.267. The van der Waals surface area contributed by atoms with Gasteiger partial charge in [0.15, 0.2) is 0 Å². The number of nitro groups is 1. The molecule has 0 saturated heterocycles. The van der Waals surface area contributed by atoms with Crippen molar-refractivity contribution in [1.29, 1.82) is 0 Å². The summed E-state index contributed by atoms with van der Waals surface area (Å²) in [6.45, 7) is 1.76. The van der Waals surface area contributed by atoms with Crippen LogP contribution < -0.4 is 5.73 Å². The number of rotatable bonds is 6. The summed E-state index contributed by atoms with van der Waals surface area (Å²) in [5.41, 5.74) is 7.00. The van der Waals surface area contributed by atoms with Gasteiger partial charge in [-0.05, 0) is 31.0 Å². The molecule has 114 valence electrons. The smallest absolute Gasteiger partial charge is 0.270 e. The zero-order chi connectivity index (χ0) is 16.3. The van der Waals surface area contributed by atoms with Gasteiger partial charge >= 0.3 is 0 Å². The molecular formula is C15H15N3O4. The number of benzene rings is 1. The van der Waals surface area contributed by atoms with Gasteiger partial charge in [-0.2, -0.15) is 0 Å². The maximum atomic E-state index is 11.3. The molecule has 1 aromatic carbocycles. The predicted octanol–water partition coefficient (Wildman–Crippen LogP) is 2.00.